The number of nitriles is 1. The Labute approximate surface area is 174 Å². The molecule has 158 valence electrons. The van der Waals surface area contributed by atoms with Gasteiger partial charge in [0.25, 0.3) is 5.56 Å². The van der Waals surface area contributed by atoms with Gasteiger partial charge in [-0.2, -0.15) is 5.26 Å². The zero-order chi connectivity index (χ0) is 20.9. The number of aromatic nitrogens is 2. The van der Waals surface area contributed by atoms with Crippen LogP contribution >= 0.6 is 0 Å². The zero-order valence-corrected chi connectivity index (χ0v) is 17.2. The highest BCUT2D eigenvalue weighted by Crippen LogP contribution is 2.48. The molecule has 1 saturated heterocycles. The number of hydrogen-bond donors (Lipinski definition) is 2. The second-order valence-corrected chi connectivity index (χ2v) is 8.80. The summed E-state index contributed by atoms with van der Waals surface area (Å²) in [5, 5.41) is 12.9. The van der Waals surface area contributed by atoms with E-state index in [0.717, 1.165) is 57.4 Å². The molecule has 0 spiro atoms. The van der Waals surface area contributed by atoms with Crippen molar-refractivity contribution in [3.05, 3.63) is 33.0 Å². The molecule has 2 heterocycles. The van der Waals surface area contributed by atoms with Gasteiger partial charge < -0.3 is 15.0 Å². The normalized spacial score (nSPS) is 22.3. The predicted molar refractivity (Wildman–Crippen MR) is 114 cm³/mol. The van der Waals surface area contributed by atoms with Crippen molar-refractivity contribution in [2.75, 3.05) is 31.6 Å². The van der Waals surface area contributed by atoms with Gasteiger partial charge in [-0.25, -0.2) is 4.79 Å². The van der Waals surface area contributed by atoms with E-state index in [9.17, 15) is 9.59 Å². The molecule has 1 aromatic carbocycles. The summed E-state index contributed by atoms with van der Waals surface area (Å²) in [7, 11) is 1.61. The molecule has 1 aromatic heterocycles. The number of anilines is 1. The number of nitrogens with zero attached hydrogens (tertiary/aromatic N) is 3. The second-order valence-electron chi connectivity index (χ2n) is 8.80. The van der Waals surface area contributed by atoms with Gasteiger partial charge >= 0.3 is 5.69 Å². The Morgan fingerprint density at radius 1 is 1.30 bits per heavy atom. The lowest BCUT2D eigenvalue weighted by Gasteiger charge is -2.26. The van der Waals surface area contributed by atoms with E-state index in [1.807, 2.05) is 12.1 Å². The van der Waals surface area contributed by atoms with Crippen molar-refractivity contribution in [2.45, 2.75) is 50.1 Å². The third kappa shape index (κ3) is 3.08. The summed E-state index contributed by atoms with van der Waals surface area (Å²) in [6.07, 6.45) is 5.80. The van der Waals surface area contributed by atoms with Crippen LogP contribution in [0.2, 0.25) is 0 Å². The molecule has 2 aromatic rings. The third-order valence-corrected chi connectivity index (χ3v) is 6.96. The van der Waals surface area contributed by atoms with Gasteiger partial charge in [0.15, 0.2) is 5.75 Å². The number of fused-ring (bicyclic) bond motifs is 1. The smallest absolute Gasteiger partial charge is 0.329 e. The molecule has 2 N–H and O–H groups in total. The molecule has 1 unspecified atom stereocenters. The summed E-state index contributed by atoms with van der Waals surface area (Å²) in [5.74, 6) is 1.13. The third-order valence-electron chi connectivity index (χ3n) is 6.96. The molecule has 0 amide bonds. The molecule has 1 atom stereocenters. The molecule has 2 aliphatic carbocycles. The zero-order valence-electron chi connectivity index (χ0n) is 17.2. The second kappa shape index (κ2) is 7.17. The summed E-state index contributed by atoms with van der Waals surface area (Å²) in [6.45, 7) is 2.55. The molecular weight excluding hydrogens is 382 g/mol. The van der Waals surface area contributed by atoms with E-state index in [1.165, 1.54) is 0 Å². The Hall–Kier alpha value is -2.79. The summed E-state index contributed by atoms with van der Waals surface area (Å²) >= 11 is 0. The first-order valence-corrected chi connectivity index (χ1v) is 10.8. The molecule has 3 aliphatic rings. The Morgan fingerprint density at radius 3 is 2.77 bits per heavy atom. The van der Waals surface area contributed by atoms with Gasteiger partial charge in [-0.15, -0.1) is 0 Å². The van der Waals surface area contributed by atoms with Gasteiger partial charge in [-0.1, -0.05) is 0 Å². The SMILES string of the molecule is COc1c(N2CCC(C3(NCCC#N)CC3)C2)ccc2c(=O)[nH]c(=O)n(C3CC3)c12. The minimum absolute atomic E-state index is 0.131. The average Bonchev–Trinajstić information content (AvgIpc) is 3.67. The molecule has 30 heavy (non-hydrogen) atoms. The Bertz CT molecular complexity index is 1140. The highest BCUT2D eigenvalue weighted by atomic mass is 16.5. The van der Waals surface area contributed by atoms with E-state index in [2.05, 4.69) is 21.3 Å². The van der Waals surface area contributed by atoms with E-state index >= 15 is 0 Å². The standard InChI is InChI=1S/C22H27N5O3/c1-30-19-17(26-12-7-14(13-26)22(8-9-22)24-11-2-10-23)6-5-16-18(19)27(15-3-4-15)21(29)25-20(16)28/h5-6,14-15,24H,2-4,7-9,11-13H2,1H3,(H,25,28,29). The minimum Gasteiger partial charge on any atom is -0.492 e. The number of benzene rings is 1. The first-order valence-electron chi connectivity index (χ1n) is 10.8. The fraction of sp³-hybridized carbons (Fsp3) is 0.591. The quantitative estimate of drug-likeness (QED) is 0.677. The van der Waals surface area contributed by atoms with Crippen LogP contribution in [0.5, 0.6) is 5.75 Å². The van der Waals surface area contributed by atoms with Crippen LogP contribution < -0.4 is 26.2 Å². The number of aromatic amines is 1. The summed E-state index contributed by atoms with van der Waals surface area (Å²) in [5.41, 5.74) is 0.990. The summed E-state index contributed by atoms with van der Waals surface area (Å²) in [6, 6.07) is 6.10. The van der Waals surface area contributed by atoms with Crippen LogP contribution in [0.1, 0.15) is 44.6 Å². The molecule has 0 bridgehead atoms. The van der Waals surface area contributed by atoms with Gasteiger partial charge in [0, 0.05) is 37.6 Å². The molecule has 2 saturated carbocycles. The van der Waals surface area contributed by atoms with Crippen molar-refractivity contribution in [1.82, 2.24) is 14.9 Å². The summed E-state index contributed by atoms with van der Waals surface area (Å²) < 4.78 is 7.52. The first-order chi connectivity index (χ1) is 14.6. The monoisotopic (exact) mass is 409 g/mol. The average molecular weight is 409 g/mol. The lowest BCUT2D eigenvalue weighted by atomic mass is 9.96. The largest absolute Gasteiger partial charge is 0.492 e. The molecule has 0 radical (unpaired) electrons. The van der Waals surface area contributed by atoms with Gasteiger partial charge in [0.05, 0.1) is 24.3 Å². The van der Waals surface area contributed by atoms with E-state index < -0.39 is 0 Å². The fourth-order valence-corrected chi connectivity index (χ4v) is 5.10. The highest BCUT2D eigenvalue weighted by molar-refractivity contribution is 5.90. The first kappa shape index (κ1) is 19.2. The van der Waals surface area contributed by atoms with Crippen LogP contribution in [-0.4, -0.2) is 41.8 Å². The lowest BCUT2D eigenvalue weighted by molar-refractivity contribution is 0.360. The predicted octanol–water partition coefficient (Wildman–Crippen LogP) is 1.90. The van der Waals surface area contributed by atoms with Gasteiger partial charge in [0.1, 0.15) is 5.52 Å². The Balaban J connectivity index is 1.50. The van der Waals surface area contributed by atoms with Crippen LogP contribution in [0.3, 0.4) is 0 Å². The van der Waals surface area contributed by atoms with Crippen LogP contribution in [0.15, 0.2) is 21.7 Å². The molecule has 8 nitrogen and oxygen atoms in total. The van der Waals surface area contributed by atoms with E-state index in [1.54, 1.807) is 11.7 Å². The number of H-pyrrole nitrogens is 1. The van der Waals surface area contributed by atoms with Crippen molar-refractivity contribution in [2.24, 2.45) is 5.92 Å². The highest BCUT2D eigenvalue weighted by Gasteiger charge is 2.50. The van der Waals surface area contributed by atoms with Crippen LogP contribution in [0, 0.1) is 17.2 Å². The van der Waals surface area contributed by atoms with Gasteiger partial charge in [-0.05, 0) is 50.2 Å². The minimum atomic E-state index is -0.366. The van der Waals surface area contributed by atoms with Gasteiger partial charge in [0.2, 0.25) is 0 Å². The van der Waals surface area contributed by atoms with Crippen molar-refractivity contribution in [1.29, 1.82) is 5.26 Å². The van der Waals surface area contributed by atoms with Crippen LogP contribution in [-0.2, 0) is 0 Å². The van der Waals surface area contributed by atoms with Crippen molar-refractivity contribution >= 4 is 16.6 Å². The maximum Gasteiger partial charge on any atom is 0.329 e. The van der Waals surface area contributed by atoms with E-state index in [4.69, 9.17) is 10.00 Å². The molecule has 3 fully saturated rings. The maximum absolute atomic E-state index is 12.6. The van der Waals surface area contributed by atoms with Crippen molar-refractivity contribution in [3.8, 4) is 11.8 Å². The van der Waals surface area contributed by atoms with E-state index in [-0.39, 0.29) is 22.8 Å². The fourth-order valence-electron chi connectivity index (χ4n) is 5.10. The van der Waals surface area contributed by atoms with E-state index in [0.29, 0.717) is 29.0 Å². The maximum atomic E-state index is 12.6. The number of ether oxygens (including phenoxy) is 1. The number of hydrogen-bond acceptors (Lipinski definition) is 6. The topological polar surface area (TPSA) is 103 Å². The lowest BCUT2D eigenvalue weighted by Crippen LogP contribution is -2.40. The van der Waals surface area contributed by atoms with Crippen molar-refractivity contribution in [3.63, 3.8) is 0 Å². The Morgan fingerprint density at radius 2 is 2.10 bits per heavy atom. The molecule has 8 heteroatoms. The van der Waals surface area contributed by atoms with Gasteiger partial charge in [-0.3, -0.25) is 14.3 Å². The number of methoxy groups -OCH3 is 1. The molecule has 5 rings (SSSR count). The molecular formula is C22H27N5O3. The number of nitrogens with one attached hydrogen (secondary N) is 2. The summed E-state index contributed by atoms with van der Waals surface area (Å²) in [4.78, 5) is 29.8. The Kier molecular flexibility index (Phi) is 4.58. The molecule has 1 aliphatic heterocycles. The number of rotatable bonds is 7. The van der Waals surface area contributed by atoms with Crippen LogP contribution in [0.4, 0.5) is 5.69 Å². The van der Waals surface area contributed by atoms with Crippen LogP contribution in [0.25, 0.3) is 10.9 Å². The van der Waals surface area contributed by atoms with Crippen molar-refractivity contribution < 1.29 is 4.74 Å².